The van der Waals surface area contributed by atoms with Gasteiger partial charge in [-0.05, 0) is 18.6 Å². The summed E-state index contributed by atoms with van der Waals surface area (Å²) in [5, 5.41) is 2.57. The molecule has 2 amide bonds. The Bertz CT molecular complexity index is 504. The third-order valence-electron chi connectivity index (χ3n) is 3.03. The Morgan fingerprint density at radius 1 is 1.56 bits per heavy atom. The second-order valence-electron chi connectivity index (χ2n) is 4.28. The van der Waals surface area contributed by atoms with Gasteiger partial charge in [0, 0.05) is 13.6 Å². The maximum atomic E-state index is 13.2. The minimum Gasteiger partial charge on any atom is -0.396 e. The van der Waals surface area contributed by atoms with E-state index in [9.17, 15) is 14.0 Å². The number of benzene rings is 1. The third-order valence-corrected chi connectivity index (χ3v) is 3.03. The first-order valence-corrected chi connectivity index (χ1v) is 5.60. The van der Waals surface area contributed by atoms with Crippen molar-refractivity contribution in [2.45, 2.75) is 12.5 Å². The van der Waals surface area contributed by atoms with Gasteiger partial charge in [-0.2, -0.15) is 0 Å². The van der Waals surface area contributed by atoms with Crippen LogP contribution >= 0.6 is 0 Å². The molecule has 1 saturated heterocycles. The molecule has 1 atom stereocenters. The predicted octanol–water partition coefficient (Wildman–Crippen LogP) is 0.368. The molecule has 1 aliphatic rings. The zero-order valence-electron chi connectivity index (χ0n) is 9.94. The van der Waals surface area contributed by atoms with Crippen LogP contribution in [0.2, 0.25) is 0 Å². The van der Waals surface area contributed by atoms with E-state index in [0.29, 0.717) is 13.0 Å². The molecular formula is C12H14FN3O2. The Kier molecular flexibility index (Phi) is 3.18. The molecule has 1 aliphatic heterocycles. The molecule has 0 aromatic heterocycles. The second-order valence-corrected chi connectivity index (χ2v) is 4.28. The van der Waals surface area contributed by atoms with E-state index in [1.165, 1.54) is 18.2 Å². The first kappa shape index (κ1) is 12.3. The summed E-state index contributed by atoms with van der Waals surface area (Å²) in [6.07, 6.45) is 0.552. The summed E-state index contributed by atoms with van der Waals surface area (Å²) in [5.41, 5.74) is 5.34. The number of halogens is 1. The molecule has 1 unspecified atom stereocenters. The smallest absolute Gasteiger partial charge is 0.254 e. The summed E-state index contributed by atoms with van der Waals surface area (Å²) in [7, 11) is 1.67. The minimum atomic E-state index is -0.641. The van der Waals surface area contributed by atoms with Gasteiger partial charge in [0.2, 0.25) is 5.91 Å². The summed E-state index contributed by atoms with van der Waals surface area (Å²) in [4.78, 5) is 25.1. The van der Waals surface area contributed by atoms with Crippen molar-refractivity contribution in [3.63, 3.8) is 0 Å². The van der Waals surface area contributed by atoms with Crippen LogP contribution in [-0.2, 0) is 4.79 Å². The molecule has 1 fully saturated rings. The highest BCUT2D eigenvalue weighted by atomic mass is 19.1. The zero-order valence-corrected chi connectivity index (χ0v) is 9.94. The number of hydrogen-bond acceptors (Lipinski definition) is 3. The quantitative estimate of drug-likeness (QED) is 0.746. The predicted molar refractivity (Wildman–Crippen MR) is 64.3 cm³/mol. The highest BCUT2D eigenvalue weighted by Gasteiger charge is 2.30. The Morgan fingerprint density at radius 2 is 2.28 bits per heavy atom. The molecular weight excluding hydrogens is 237 g/mol. The number of nitrogen functional groups attached to an aromatic ring is 1. The molecule has 0 spiro atoms. The molecule has 1 aromatic rings. The van der Waals surface area contributed by atoms with Gasteiger partial charge in [0.1, 0.15) is 11.9 Å². The lowest BCUT2D eigenvalue weighted by atomic mass is 10.1. The van der Waals surface area contributed by atoms with E-state index in [1.54, 1.807) is 11.9 Å². The Hall–Kier alpha value is -2.11. The fourth-order valence-corrected chi connectivity index (χ4v) is 1.93. The highest BCUT2D eigenvalue weighted by Crippen LogP contribution is 2.17. The van der Waals surface area contributed by atoms with Crippen LogP contribution in [0.15, 0.2) is 18.2 Å². The fourth-order valence-electron chi connectivity index (χ4n) is 1.93. The number of nitrogens with two attached hydrogens (primary N) is 1. The summed E-state index contributed by atoms with van der Waals surface area (Å²) >= 11 is 0. The summed E-state index contributed by atoms with van der Waals surface area (Å²) in [5.74, 6) is -1.31. The van der Waals surface area contributed by atoms with Crippen molar-refractivity contribution in [2.75, 3.05) is 19.3 Å². The normalized spacial score (nSPS) is 19.1. The molecule has 0 aliphatic carbocycles. The Balaban J connectivity index is 2.13. The van der Waals surface area contributed by atoms with E-state index in [1.807, 2.05) is 0 Å². The average molecular weight is 251 g/mol. The maximum Gasteiger partial charge on any atom is 0.254 e. The van der Waals surface area contributed by atoms with Crippen molar-refractivity contribution in [1.82, 2.24) is 10.2 Å². The number of likely N-dealkylation sites (tertiary alicyclic amines) is 1. The molecule has 3 N–H and O–H groups in total. The van der Waals surface area contributed by atoms with Gasteiger partial charge in [0.05, 0.1) is 11.3 Å². The largest absolute Gasteiger partial charge is 0.396 e. The third kappa shape index (κ3) is 2.13. The first-order valence-electron chi connectivity index (χ1n) is 5.60. The van der Waals surface area contributed by atoms with Gasteiger partial charge in [-0.3, -0.25) is 9.59 Å². The molecule has 1 heterocycles. The lowest BCUT2D eigenvalue weighted by Crippen LogP contribution is -2.40. The molecule has 1 aromatic carbocycles. The number of carbonyl (C=O) groups is 2. The van der Waals surface area contributed by atoms with Gasteiger partial charge in [-0.15, -0.1) is 0 Å². The molecule has 6 heteroatoms. The molecule has 5 nitrogen and oxygen atoms in total. The van der Waals surface area contributed by atoms with Crippen LogP contribution in [0.5, 0.6) is 0 Å². The van der Waals surface area contributed by atoms with Crippen molar-refractivity contribution < 1.29 is 14.0 Å². The molecule has 0 saturated carbocycles. The van der Waals surface area contributed by atoms with Crippen LogP contribution in [0.4, 0.5) is 10.1 Å². The maximum absolute atomic E-state index is 13.2. The average Bonchev–Trinajstić information content (AvgIpc) is 2.64. The molecule has 18 heavy (non-hydrogen) atoms. The Labute approximate surface area is 104 Å². The van der Waals surface area contributed by atoms with Crippen molar-refractivity contribution >= 4 is 17.5 Å². The monoisotopic (exact) mass is 251 g/mol. The summed E-state index contributed by atoms with van der Waals surface area (Å²) in [6.45, 7) is 0.600. The SMILES string of the molecule is CN1CCC(NC(=O)c2cccc(F)c2N)C1=O. The second kappa shape index (κ2) is 4.64. The van der Waals surface area contributed by atoms with Crippen molar-refractivity contribution in [1.29, 1.82) is 0 Å². The standard InChI is InChI=1S/C12H14FN3O2/c1-16-6-5-9(12(16)18)15-11(17)7-3-2-4-8(13)10(7)14/h2-4,9H,5-6,14H2,1H3,(H,15,17). The lowest BCUT2D eigenvalue weighted by Gasteiger charge is -2.13. The van der Waals surface area contributed by atoms with Crippen molar-refractivity contribution in [3.05, 3.63) is 29.6 Å². The van der Waals surface area contributed by atoms with E-state index < -0.39 is 17.8 Å². The molecule has 96 valence electrons. The van der Waals surface area contributed by atoms with E-state index in [0.717, 1.165) is 0 Å². The van der Waals surface area contributed by atoms with Gasteiger partial charge >= 0.3 is 0 Å². The number of nitrogens with zero attached hydrogens (tertiary/aromatic N) is 1. The number of anilines is 1. The van der Waals surface area contributed by atoms with E-state index in [-0.39, 0.29) is 17.2 Å². The number of carbonyl (C=O) groups excluding carboxylic acids is 2. The fraction of sp³-hybridized carbons (Fsp3) is 0.333. The van der Waals surface area contributed by atoms with Crippen LogP contribution < -0.4 is 11.1 Å². The topological polar surface area (TPSA) is 75.4 Å². The van der Waals surface area contributed by atoms with Crippen LogP contribution in [0, 0.1) is 5.82 Å². The van der Waals surface area contributed by atoms with Crippen LogP contribution in [0.1, 0.15) is 16.8 Å². The van der Waals surface area contributed by atoms with Crippen LogP contribution in [0.3, 0.4) is 0 Å². The number of amides is 2. The molecule has 0 radical (unpaired) electrons. The highest BCUT2D eigenvalue weighted by molar-refractivity contribution is 6.01. The molecule has 2 rings (SSSR count). The number of para-hydroxylation sites is 1. The van der Waals surface area contributed by atoms with Gasteiger partial charge < -0.3 is 16.0 Å². The van der Waals surface area contributed by atoms with E-state index >= 15 is 0 Å². The van der Waals surface area contributed by atoms with E-state index in [4.69, 9.17) is 5.73 Å². The van der Waals surface area contributed by atoms with Gasteiger partial charge in [-0.1, -0.05) is 6.07 Å². The van der Waals surface area contributed by atoms with Gasteiger partial charge in [-0.25, -0.2) is 4.39 Å². The lowest BCUT2D eigenvalue weighted by molar-refractivity contribution is -0.128. The zero-order chi connectivity index (χ0) is 13.3. The number of hydrogen-bond donors (Lipinski definition) is 2. The van der Waals surface area contributed by atoms with Gasteiger partial charge in [0.15, 0.2) is 0 Å². The minimum absolute atomic E-state index is 0.0531. The van der Waals surface area contributed by atoms with Crippen molar-refractivity contribution in [3.8, 4) is 0 Å². The van der Waals surface area contributed by atoms with Crippen LogP contribution in [-0.4, -0.2) is 36.3 Å². The van der Waals surface area contributed by atoms with Gasteiger partial charge in [0.25, 0.3) is 5.91 Å². The van der Waals surface area contributed by atoms with Crippen LogP contribution in [0.25, 0.3) is 0 Å². The van der Waals surface area contributed by atoms with Crippen molar-refractivity contribution in [2.24, 2.45) is 0 Å². The summed E-state index contributed by atoms with van der Waals surface area (Å²) < 4.78 is 13.2. The number of rotatable bonds is 2. The number of likely N-dealkylation sites (N-methyl/N-ethyl adjacent to an activating group) is 1. The molecule has 0 bridgehead atoms. The first-order chi connectivity index (χ1) is 8.50. The Morgan fingerprint density at radius 3 is 2.89 bits per heavy atom. The summed E-state index contributed by atoms with van der Waals surface area (Å²) in [6, 6.07) is 3.46. The van der Waals surface area contributed by atoms with E-state index in [2.05, 4.69) is 5.32 Å². The number of nitrogens with one attached hydrogen (secondary N) is 1.